The summed E-state index contributed by atoms with van der Waals surface area (Å²) in [5.41, 5.74) is 25.3. The molecule has 0 atom stereocenters. The Balaban J connectivity index is 0.000000161. The van der Waals surface area contributed by atoms with E-state index in [1.807, 2.05) is 12.2 Å². The highest BCUT2D eigenvalue weighted by Crippen LogP contribution is 2.56. The Kier molecular flexibility index (Phi) is 18.1. The van der Waals surface area contributed by atoms with Gasteiger partial charge < -0.3 is 0 Å². The van der Waals surface area contributed by atoms with Gasteiger partial charge >= 0.3 is 0 Å². The first-order valence-corrected chi connectivity index (χ1v) is 27.4. The SMILES string of the molecule is C=CCC1(CC=C)c2cc(C)ccc2-c2ccc(C)cc21.C=CCCCCC1(CCCCC=C)c2cc(C)ccc2-c2ccc(C)cc21.CCC#CCC1(CC#CCC)c2cc(C)ccc2-c2ccc(C)cc21. The van der Waals surface area contributed by atoms with Crippen LogP contribution in [0, 0.1) is 65.2 Å². The molecule has 0 radical (unpaired) electrons. The van der Waals surface area contributed by atoms with Crippen LogP contribution in [0.25, 0.3) is 33.4 Å². The number of unbranched alkanes of at least 4 members (excludes halogenated alkanes) is 4. The zero-order valence-electron chi connectivity index (χ0n) is 45.9. The average molecular weight is 959 g/mol. The second-order valence-corrected chi connectivity index (χ2v) is 21.4. The molecule has 374 valence electrons. The molecule has 0 amide bonds. The van der Waals surface area contributed by atoms with Crippen LogP contribution in [0.2, 0.25) is 0 Å². The minimum atomic E-state index is -0.104. The zero-order chi connectivity index (χ0) is 52.2. The summed E-state index contributed by atoms with van der Waals surface area (Å²) in [5.74, 6) is 13.5. The molecule has 0 N–H and O–H groups in total. The monoisotopic (exact) mass is 959 g/mol. The van der Waals surface area contributed by atoms with Gasteiger partial charge in [-0.05, 0) is 160 Å². The van der Waals surface area contributed by atoms with Crippen LogP contribution < -0.4 is 0 Å². The van der Waals surface area contributed by atoms with Gasteiger partial charge in [-0.15, -0.1) is 50.0 Å². The standard InChI is InChI=1S/C27H34.C25H26.C21H22/c1-5-7-9-11-17-27(18-12-10-8-6-2)25-19-21(3)13-15-23(25)24-16-14-22(4)20-26(24)27;1-5-7-9-15-25(16-10-8-6-2)23-17-19(3)11-13-21(23)22-14-12-20(4)18-24(22)25;1-5-11-21(12-6-2)19-13-15(3)7-9-17(19)18-10-8-16(4)14-20(18)21/h5-6,13-16,19-20H,1-2,7-12,17-18H2,3-4H3;11-14,17-18H,5-6,15-16H2,1-4H3;5-10,13-14H,1-2,11-12H2,3-4H3. The van der Waals surface area contributed by atoms with Gasteiger partial charge in [-0.3, -0.25) is 0 Å². The van der Waals surface area contributed by atoms with Crippen molar-refractivity contribution in [2.45, 2.75) is 162 Å². The third-order valence-electron chi connectivity index (χ3n) is 15.9. The molecule has 0 heteroatoms. The van der Waals surface area contributed by atoms with Gasteiger partial charge in [0.25, 0.3) is 0 Å². The number of hydrogen-bond acceptors (Lipinski definition) is 0. The molecule has 73 heavy (non-hydrogen) atoms. The number of fused-ring (bicyclic) bond motifs is 9. The maximum atomic E-state index is 4.01. The molecule has 6 aromatic carbocycles. The molecule has 0 bridgehead atoms. The summed E-state index contributed by atoms with van der Waals surface area (Å²) < 4.78 is 0. The van der Waals surface area contributed by atoms with Crippen molar-refractivity contribution >= 4 is 0 Å². The van der Waals surface area contributed by atoms with Crippen LogP contribution in [-0.4, -0.2) is 0 Å². The highest BCUT2D eigenvalue weighted by molar-refractivity contribution is 5.84. The molecule has 3 aliphatic rings. The predicted octanol–water partition coefficient (Wildman–Crippen LogP) is 20.0. The van der Waals surface area contributed by atoms with Crippen LogP contribution in [-0.2, 0) is 16.2 Å². The van der Waals surface area contributed by atoms with Crippen LogP contribution >= 0.6 is 0 Å². The predicted molar refractivity (Wildman–Crippen MR) is 319 cm³/mol. The number of allylic oxidation sites excluding steroid dienone is 4. The molecule has 0 aromatic heterocycles. The fraction of sp³-hybridized carbons (Fsp3) is 0.342. The van der Waals surface area contributed by atoms with Gasteiger partial charge in [-0.25, -0.2) is 0 Å². The highest BCUT2D eigenvalue weighted by Gasteiger charge is 2.44. The Morgan fingerprint density at radius 1 is 0.342 bits per heavy atom. The first kappa shape index (κ1) is 54.2. The third kappa shape index (κ3) is 11.2. The lowest BCUT2D eigenvalue weighted by Crippen LogP contribution is -2.25. The van der Waals surface area contributed by atoms with Crippen molar-refractivity contribution in [2.75, 3.05) is 0 Å². The van der Waals surface area contributed by atoms with Crippen molar-refractivity contribution in [2.24, 2.45) is 0 Å². The summed E-state index contributed by atoms with van der Waals surface area (Å²) in [6.07, 6.45) is 23.3. The van der Waals surface area contributed by atoms with Gasteiger partial charge in [0.15, 0.2) is 0 Å². The number of benzene rings is 6. The minimum absolute atomic E-state index is 0.00616. The molecule has 3 aliphatic carbocycles. The van der Waals surface area contributed by atoms with E-state index in [1.165, 1.54) is 128 Å². The molecule has 9 rings (SSSR count). The third-order valence-corrected chi connectivity index (χ3v) is 15.9. The Morgan fingerprint density at radius 2 is 0.616 bits per heavy atom. The van der Waals surface area contributed by atoms with Crippen LogP contribution in [0.15, 0.2) is 160 Å². The highest BCUT2D eigenvalue weighted by atomic mass is 14.5. The largest absolute Gasteiger partial charge is 0.104 e. The van der Waals surface area contributed by atoms with Crippen molar-refractivity contribution < 1.29 is 0 Å². The van der Waals surface area contributed by atoms with Crippen LogP contribution in [0.5, 0.6) is 0 Å². The van der Waals surface area contributed by atoms with Crippen molar-refractivity contribution in [1.29, 1.82) is 0 Å². The van der Waals surface area contributed by atoms with E-state index in [0.29, 0.717) is 0 Å². The maximum absolute atomic E-state index is 4.01. The van der Waals surface area contributed by atoms with E-state index in [9.17, 15) is 0 Å². The fourth-order valence-electron chi connectivity index (χ4n) is 12.4. The second kappa shape index (κ2) is 24.4. The van der Waals surface area contributed by atoms with E-state index in [4.69, 9.17) is 0 Å². The topological polar surface area (TPSA) is 0 Å². The van der Waals surface area contributed by atoms with Crippen LogP contribution in [0.3, 0.4) is 0 Å². The Bertz CT molecular complexity index is 2890. The molecule has 0 fully saturated rings. The zero-order valence-corrected chi connectivity index (χ0v) is 45.9. The van der Waals surface area contributed by atoms with Crippen molar-refractivity contribution in [3.8, 4) is 57.1 Å². The Morgan fingerprint density at radius 3 is 0.877 bits per heavy atom. The summed E-state index contributed by atoms with van der Waals surface area (Å²) in [6, 6.07) is 41.5. The van der Waals surface area contributed by atoms with E-state index in [0.717, 1.165) is 51.4 Å². The van der Waals surface area contributed by atoms with Crippen LogP contribution in [0.4, 0.5) is 0 Å². The average Bonchev–Trinajstić information content (AvgIpc) is 3.89. The smallest absolute Gasteiger partial charge is 0.0433 e. The lowest BCUT2D eigenvalue weighted by Gasteiger charge is -2.33. The summed E-state index contributed by atoms with van der Waals surface area (Å²) >= 11 is 0. The summed E-state index contributed by atoms with van der Waals surface area (Å²) in [6.45, 7) is 33.2. The van der Waals surface area contributed by atoms with Crippen molar-refractivity contribution in [3.05, 3.63) is 227 Å². The van der Waals surface area contributed by atoms with Crippen LogP contribution in [0.1, 0.15) is 171 Å². The Labute approximate surface area is 442 Å². The second-order valence-electron chi connectivity index (χ2n) is 21.4. The first-order valence-electron chi connectivity index (χ1n) is 27.4. The summed E-state index contributed by atoms with van der Waals surface area (Å²) in [7, 11) is 0. The molecule has 0 saturated carbocycles. The molecular formula is C73H82. The van der Waals surface area contributed by atoms with Gasteiger partial charge in [-0.1, -0.05) is 194 Å². The van der Waals surface area contributed by atoms with Gasteiger partial charge in [0.2, 0.25) is 0 Å². The van der Waals surface area contributed by atoms with E-state index in [2.05, 4.69) is 227 Å². The molecule has 0 spiro atoms. The molecular weight excluding hydrogens is 877 g/mol. The molecule has 0 heterocycles. The molecule has 0 unspecified atom stereocenters. The lowest BCUT2D eigenvalue weighted by molar-refractivity contribution is 0.408. The Hall–Kier alpha value is -6.60. The number of hydrogen-bond donors (Lipinski definition) is 0. The molecule has 0 nitrogen and oxygen atoms in total. The van der Waals surface area contributed by atoms with Gasteiger partial charge in [0.1, 0.15) is 0 Å². The molecule has 6 aromatic rings. The number of aryl methyl sites for hydroxylation is 6. The van der Waals surface area contributed by atoms with Gasteiger partial charge in [-0.2, -0.15) is 0 Å². The summed E-state index contributed by atoms with van der Waals surface area (Å²) in [4.78, 5) is 0. The minimum Gasteiger partial charge on any atom is -0.104 e. The molecule has 0 aliphatic heterocycles. The fourth-order valence-corrected chi connectivity index (χ4v) is 12.4. The molecule has 0 saturated heterocycles. The quantitative estimate of drug-likeness (QED) is 0.0515. The van der Waals surface area contributed by atoms with E-state index in [-0.39, 0.29) is 16.2 Å². The van der Waals surface area contributed by atoms with Gasteiger partial charge in [0, 0.05) is 41.9 Å². The maximum Gasteiger partial charge on any atom is 0.0433 e. The lowest BCUT2D eigenvalue weighted by atomic mass is 9.70. The van der Waals surface area contributed by atoms with E-state index < -0.39 is 0 Å². The van der Waals surface area contributed by atoms with Crippen molar-refractivity contribution in [3.63, 3.8) is 0 Å². The summed E-state index contributed by atoms with van der Waals surface area (Å²) in [5, 5.41) is 0. The normalized spacial score (nSPS) is 13.8. The number of rotatable bonds is 16. The van der Waals surface area contributed by atoms with E-state index >= 15 is 0 Å². The van der Waals surface area contributed by atoms with Gasteiger partial charge in [0.05, 0.1) is 0 Å². The van der Waals surface area contributed by atoms with Crippen molar-refractivity contribution in [1.82, 2.24) is 0 Å². The van der Waals surface area contributed by atoms with E-state index in [1.54, 1.807) is 11.1 Å². The first-order chi connectivity index (χ1) is 35.4.